The van der Waals surface area contributed by atoms with Crippen molar-refractivity contribution < 1.29 is 4.74 Å². The number of nitrogens with zero attached hydrogens (tertiary/aromatic N) is 1. The average molecular weight is 211 g/mol. The van der Waals surface area contributed by atoms with Crippen LogP contribution in [0.3, 0.4) is 0 Å². The van der Waals surface area contributed by atoms with Crippen LogP contribution in [0.4, 0.5) is 0 Å². The highest BCUT2D eigenvalue weighted by molar-refractivity contribution is 7.14. The van der Waals surface area contributed by atoms with Crippen LogP contribution in [0.15, 0.2) is 22.9 Å². The molecule has 2 heterocycles. The fourth-order valence-electron chi connectivity index (χ4n) is 0.985. The lowest BCUT2D eigenvalue weighted by Crippen LogP contribution is -1.89. The van der Waals surface area contributed by atoms with E-state index in [0.29, 0.717) is 6.61 Å². The first-order valence-corrected chi connectivity index (χ1v) is 5.78. The number of ether oxygens (including phenoxy) is 1. The summed E-state index contributed by atoms with van der Waals surface area (Å²) < 4.78 is 5.30. The van der Waals surface area contributed by atoms with Crippen molar-refractivity contribution in [1.29, 1.82) is 0 Å². The lowest BCUT2D eigenvalue weighted by atomic mass is 10.4. The summed E-state index contributed by atoms with van der Waals surface area (Å²) >= 11 is 3.24. The summed E-state index contributed by atoms with van der Waals surface area (Å²) in [7, 11) is 0. The van der Waals surface area contributed by atoms with E-state index >= 15 is 0 Å². The molecule has 2 nitrogen and oxygen atoms in total. The Hall–Kier alpha value is -0.870. The monoisotopic (exact) mass is 211 g/mol. The molecule has 0 spiro atoms. The van der Waals surface area contributed by atoms with Gasteiger partial charge >= 0.3 is 0 Å². The van der Waals surface area contributed by atoms with E-state index in [1.165, 1.54) is 4.88 Å². The number of aromatic nitrogens is 1. The minimum atomic E-state index is 0.678. The van der Waals surface area contributed by atoms with E-state index in [2.05, 4.69) is 16.4 Å². The molecule has 2 rings (SSSR count). The summed E-state index contributed by atoms with van der Waals surface area (Å²) in [5.74, 6) is 0. The van der Waals surface area contributed by atoms with Crippen molar-refractivity contribution >= 4 is 22.7 Å². The third-order valence-corrected chi connectivity index (χ3v) is 3.17. The predicted octanol–water partition coefficient (Wildman–Crippen LogP) is 3.27. The maximum Gasteiger partial charge on any atom is 0.273 e. The molecule has 0 saturated carbocycles. The van der Waals surface area contributed by atoms with Gasteiger partial charge in [0.05, 0.1) is 17.2 Å². The molecule has 2 aromatic heterocycles. The van der Waals surface area contributed by atoms with Crippen molar-refractivity contribution in [3.05, 3.63) is 22.9 Å². The van der Waals surface area contributed by atoms with Gasteiger partial charge in [-0.15, -0.1) is 11.3 Å². The van der Waals surface area contributed by atoms with E-state index in [9.17, 15) is 0 Å². The molecule has 0 atom stereocenters. The van der Waals surface area contributed by atoms with Crippen LogP contribution in [-0.2, 0) is 0 Å². The molecule has 4 heteroatoms. The second-order valence-corrected chi connectivity index (χ2v) is 4.18. The Labute approximate surface area is 84.8 Å². The first kappa shape index (κ1) is 8.72. The number of hydrogen-bond acceptors (Lipinski definition) is 4. The van der Waals surface area contributed by atoms with Gasteiger partial charge in [-0.25, -0.2) is 4.98 Å². The molecule has 13 heavy (non-hydrogen) atoms. The fraction of sp³-hybridized carbons (Fsp3) is 0.222. The van der Waals surface area contributed by atoms with Crippen LogP contribution >= 0.6 is 22.7 Å². The molecule has 0 aliphatic heterocycles. The van der Waals surface area contributed by atoms with Gasteiger partial charge in [-0.3, -0.25) is 0 Å². The predicted molar refractivity (Wildman–Crippen MR) is 56.6 cm³/mol. The van der Waals surface area contributed by atoms with Crippen LogP contribution in [0, 0.1) is 0 Å². The standard InChI is InChI=1S/C9H9NOS2/c1-2-11-9-10-7(6-13-9)8-4-3-5-12-8/h3-6H,2H2,1H3. The maximum atomic E-state index is 5.30. The molecule has 0 saturated heterocycles. The van der Waals surface area contributed by atoms with Gasteiger partial charge in [0, 0.05) is 5.38 Å². The normalized spacial score (nSPS) is 10.2. The van der Waals surface area contributed by atoms with E-state index in [0.717, 1.165) is 10.9 Å². The number of thiophene rings is 1. The zero-order valence-electron chi connectivity index (χ0n) is 7.19. The molecule has 0 aromatic carbocycles. The second-order valence-electron chi connectivity index (χ2n) is 2.41. The van der Waals surface area contributed by atoms with E-state index in [-0.39, 0.29) is 0 Å². The minimum absolute atomic E-state index is 0.678. The summed E-state index contributed by atoms with van der Waals surface area (Å²) in [6.07, 6.45) is 0. The third kappa shape index (κ3) is 1.89. The van der Waals surface area contributed by atoms with Gasteiger partial charge in [0.1, 0.15) is 0 Å². The quantitative estimate of drug-likeness (QED) is 0.777. The van der Waals surface area contributed by atoms with Crippen molar-refractivity contribution in [3.8, 4) is 15.8 Å². The molecule has 0 radical (unpaired) electrons. The molecule has 0 unspecified atom stereocenters. The van der Waals surface area contributed by atoms with Crippen molar-refractivity contribution in [2.24, 2.45) is 0 Å². The highest BCUT2D eigenvalue weighted by Crippen LogP contribution is 2.29. The van der Waals surface area contributed by atoms with Gasteiger partial charge in [-0.1, -0.05) is 17.4 Å². The van der Waals surface area contributed by atoms with Crippen LogP contribution in [0.1, 0.15) is 6.92 Å². The number of hydrogen-bond donors (Lipinski definition) is 0. The first-order chi connectivity index (χ1) is 6.40. The largest absolute Gasteiger partial charge is 0.470 e. The van der Waals surface area contributed by atoms with Crippen LogP contribution in [0.25, 0.3) is 10.6 Å². The zero-order chi connectivity index (χ0) is 9.10. The number of rotatable bonds is 3. The zero-order valence-corrected chi connectivity index (χ0v) is 8.82. The molecule has 0 N–H and O–H groups in total. The summed E-state index contributed by atoms with van der Waals surface area (Å²) in [5.41, 5.74) is 1.02. The lowest BCUT2D eigenvalue weighted by molar-refractivity contribution is 0.338. The van der Waals surface area contributed by atoms with Crippen molar-refractivity contribution in [3.63, 3.8) is 0 Å². The van der Waals surface area contributed by atoms with Crippen molar-refractivity contribution in [2.45, 2.75) is 6.92 Å². The van der Waals surface area contributed by atoms with Gasteiger partial charge in [0.2, 0.25) is 0 Å². The highest BCUT2D eigenvalue weighted by atomic mass is 32.1. The summed E-state index contributed by atoms with van der Waals surface area (Å²) in [4.78, 5) is 5.55. The Morgan fingerprint density at radius 1 is 1.46 bits per heavy atom. The molecule has 0 bridgehead atoms. The van der Waals surface area contributed by atoms with E-state index in [1.54, 1.807) is 22.7 Å². The van der Waals surface area contributed by atoms with Crippen molar-refractivity contribution in [1.82, 2.24) is 4.98 Å². The Bertz CT molecular complexity index is 367. The lowest BCUT2D eigenvalue weighted by Gasteiger charge is -1.93. The van der Waals surface area contributed by atoms with Crippen LogP contribution in [0.5, 0.6) is 5.19 Å². The Morgan fingerprint density at radius 2 is 2.38 bits per heavy atom. The van der Waals surface area contributed by atoms with Crippen LogP contribution < -0.4 is 4.74 Å². The van der Waals surface area contributed by atoms with Gasteiger partial charge in [-0.05, 0) is 18.4 Å². The Kier molecular flexibility index (Phi) is 2.61. The molecule has 0 aliphatic carbocycles. The van der Waals surface area contributed by atoms with Crippen LogP contribution in [-0.4, -0.2) is 11.6 Å². The van der Waals surface area contributed by atoms with E-state index in [4.69, 9.17) is 4.74 Å². The first-order valence-electron chi connectivity index (χ1n) is 4.02. The second kappa shape index (κ2) is 3.89. The van der Waals surface area contributed by atoms with Crippen LogP contribution in [0.2, 0.25) is 0 Å². The van der Waals surface area contributed by atoms with Crippen molar-refractivity contribution in [2.75, 3.05) is 6.61 Å². The maximum absolute atomic E-state index is 5.30. The fourth-order valence-corrected chi connectivity index (χ4v) is 2.47. The minimum Gasteiger partial charge on any atom is -0.470 e. The SMILES string of the molecule is CCOc1nc(-c2cccs2)cs1. The Morgan fingerprint density at radius 3 is 3.08 bits per heavy atom. The molecule has 2 aromatic rings. The number of thiazole rings is 1. The highest BCUT2D eigenvalue weighted by Gasteiger charge is 2.04. The molecular formula is C9H9NOS2. The smallest absolute Gasteiger partial charge is 0.273 e. The molecule has 0 aliphatic rings. The Balaban J connectivity index is 2.23. The summed E-state index contributed by atoms with van der Waals surface area (Å²) in [6.45, 7) is 2.64. The van der Waals surface area contributed by atoms with Gasteiger partial charge < -0.3 is 4.74 Å². The molecular weight excluding hydrogens is 202 g/mol. The topological polar surface area (TPSA) is 22.1 Å². The summed E-state index contributed by atoms with van der Waals surface area (Å²) in [6, 6.07) is 4.09. The molecule has 68 valence electrons. The summed E-state index contributed by atoms with van der Waals surface area (Å²) in [5, 5.41) is 4.83. The van der Waals surface area contributed by atoms with E-state index < -0.39 is 0 Å². The van der Waals surface area contributed by atoms with Gasteiger partial charge in [0.15, 0.2) is 0 Å². The average Bonchev–Trinajstić information content (AvgIpc) is 2.70. The molecule has 0 fully saturated rings. The van der Waals surface area contributed by atoms with Gasteiger partial charge in [-0.2, -0.15) is 0 Å². The third-order valence-electron chi connectivity index (χ3n) is 1.52. The van der Waals surface area contributed by atoms with E-state index in [1.807, 2.05) is 18.4 Å². The van der Waals surface area contributed by atoms with Gasteiger partial charge in [0.25, 0.3) is 5.19 Å². The molecule has 0 amide bonds.